The van der Waals surface area contributed by atoms with Gasteiger partial charge in [-0.25, -0.2) is 0 Å². The second kappa shape index (κ2) is 5.66. The topological polar surface area (TPSA) is 35.5 Å². The molecular weight excluding hydrogens is 297 g/mol. The van der Waals surface area contributed by atoms with Crippen LogP contribution in [0.5, 0.6) is 5.75 Å². The van der Waals surface area contributed by atoms with Gasteiger partial charge in [0.2, 0.25) is 0 Å². The Morgan fingerprint density at radius 3 is 2.68 bits per heavy atom. The van der Waals surface area contributed by atoms with Gasteiger partial charge in [-0.15, -0.1) is 0 Å². The first kappa shape index (κ1) is 16.4. The zero-order valence-electron chi connectivity index (χ0n) is 12.6. The fourth-order valence-electron chi connectivity index (χ4n) is 2.38. The summed E-state index contributed by atoms with van der Waals surface area (Å²) in [5.41, 5.74) is 0.0308. The maximum atomic E-state index is 12.8. The molecule has 0 spiro atoms. The molecule has 3 nitrogen and oxygen atoms in total. The number of fused-ring (bicyclic) bond motifs is 1. The molecule has 0 aliphatic carbocycles. The second-order valence-electron chi connectivity index (χ2n) is 5.78. The van der Waals surface area contributed by atoms with E-state index in [1.807, 2.05) is 0 Å². The number of carbonyl (C=O) groups excluding carboxylic acids is 1. The van der Waals surface area contributed by atoms with Crippen molar-refractivity contribution in [1.82, 2.24) is 0 Å². The number of carbonyl (C=O) groups is 1. The van der Waals surface area contributed by atoms with Crippen molar-refractivity contribution in [3.8, 4) is 5.75 Å². The average molecular weight is 314 g/mol. The van der Waals surface area contributed by atoms with Gasteiger partial charge in [-0.3, -0.25) is 4.79 Å². The number of esters is 1. The first-order chi connectivity index (χ1) is 10.1. The number of hydrogen-bond donors (Lipinski definition) is 0. The van der Waals surface area contributed by atoms with Crippen LogP contribution in [-0.4, -0.2) is 18.2 Å². The monoisotopic (exact) mass is 314 g/mol. The van der Waals surface area contributed by atoms with Crippen molar-refractivity contribution in [2.24, 2.45) is 0 Å². The van der Waals surface area contributed by atoms with Crippen molar-refractivity contribution in [2.75, 3.05) is 6.61 Å². The van der Waals surface area contributed by atoms with Crippen molar-refractivity contribution >= 4 is 11.5 Å². The molecule has 1 heterocycles. The van der Waals surface area contributed by atoms with E-state index in [0.29, 0.717) is 12.0 Å². The molecule has 0 unspecified atom stereocenters. The summed E-state index contributed by atoms with van der Waals surface area (Å²) in [4.78, 5) is 10.8. The van der Waals surface area contributed by atoms with E-state index in [1.54, 1.807) is 19.9 Å². The van der Waals surface area contributed by atoms with Gasteiger partial charge in [0.25, 0.3) is 0 Å². The smallest absolute Gasteiger partial charge is 0.416 e. The molecule has 1 aromatic rings. The van der Waals surface area contributed by atoms with E-state index in [9.17, 15) is 18.0 Å². The van der Waals surface area contributed by atoms with E-state index >= 15 is 0 Å². The van der Waals surface area contributed by atoms with Crippen molar-refractivity contribution in [2.45, 2.75) is 39.0 Å². The number of hydrogen-bond acceptors (Lipinski definition) is 3. The minimum absolute atomic E-state index is 0.0845. The highest BCUT2D eigenvalue weighted by atomic mass is 19.4. The fourth-order valence-corrected chi connectivity index (χ4v) is 2.38. The zero-order chi connectivity index (χ0) is 16.5. The molecule has 0 aromatic heterocycles. The summed E-state index contributed by atoms with van der Waals surface area (Å²) in [5.74, 6) is -0.212. The average Bonchev–Trinajstić information content (AvgIpc) is 2.35. The molecule has 120 valence electrons. The third-order valence-electron chi connectivity index (χ3n) is 3.27. The van der Waals surface area contributed by atoms with Crippen LogP contribution in [-0.2, 0) is 15.7 Å². The highest BCUT2D eigenvalue weighted by molar-refractivity contribution is 5.74. The SMILES string of the molecule is CC(=O)OC/C=C1\CC(C)(C)Oc2cc(C(F)(F)F)ccc21. The minimum atomic E-state index is -4.42. The van der Waals surface area contributed by atoms with E-state index in [2.05, 4.69) is 0 Å². The molecule has 0 N–H and O–H groups in total. The second-order valence-corrected chi connectivity index (χ2v) is 5.78. The first-order valence-corrected chi connectivity index (χ1v) is 6.81. The Labute approximate surface area is 126 Å². The lowest BCUT2D eigenvalue weighted by Gasteiger charge is -2.34. The van der Waals surface area contributed by atoms with Crippen molar-refractivity contribution in [3.05, 3.63) is 35.4 Å². The van der Waals surface area contributed by atoms with Crippen molar-refractivity contribution in [1.29, 1.82) is 0 Å². The zero-order valence-corrected chi connectivity index (χ0v) is 12.6. The van der Waals surface area contributed by atoms with E-state index in [0.717, 1.165) is 17.7 Å². The third kappa shape index (κ3) is 3.81. The van der Waals surface area contributed by atoms with Gasteiger partial charge in [-0.05, 0) is 37.6 Å². The maximum absolute atomic E-state index is 12.8. The normalized spacial score (nSPS) is 18.5. The van der Waals surface area contributed by atoms with Crippen LogP contribution < -0.4 is 4.74 Å². The molecule has 0 amide bonds. The molecule has 1 aliphatic rings. The molecule has 0 saturated carbocycles. The molecule has 2 rings (SSSR count). The van der Waals surface area contributed by atoms with Gasteiger partial charge >= 0.3 is 12.1 Å². The van der Waals surface area contributed by atoms with Crippen LogP contribution in [0.15, 0.2) is 24.3 Å². The predicted molar refractivity (Wildman–Crippen MR) is 75.4 cm³/mol. The predicted octanol–water partition coefficient (Wildman–Crippen LogP) is 4.21. The molecule has 6 heteroatoms. The molecule has 0 bridgehead atoms. The molecular formula is C16H17F3O3. The lowest BCUT2D eigenvalue weighted by atomic mass is 9.88. The lowest BCUT2D eigenvalue weighted by molar-refractivity contribution is -0.140. The van der Waals surface area contributed by atoms with Crippen LogP contribution >= 0.6 is 0 Å². The third-order valence-corrected chi connectivity index (χ3v) is 3.27. The van der Waals surface area contributed by atoms with E-state index in [-0.39, 0.29) is 12.4 Å². The molecule has 1 aromatic carbocycles. The maximum Gasteiger partial charge on any atom is 0.416 e. The first-order valence-electron chi connectivity index (χ1n) is 6.81. The van der Waals surface area contributed by atoms with Gasteiger partial charge in [0, 0.05) is 18.9 Å². The number of ether oxygens (including phenoxy) is 2. The highest BCUT2D eigenvalue weighted by Gasteiger charge is 2.35. The molecule has 22 heavy (non-hydrogen) atoms. The summed E-state index contributed by atoms with van der Waals surface area (Å²) in [6.07, 6.45) is -2.19. The summed E-state index contributed by atoms with van der Waals surface area (Å²) in [6, 6.07) is 3.43. The quantitative estimate of drug-likeness (QED) is 0.767. The Bertz CT molecular complexity index is 616. The summed E-state index contributed by atoms with van der Waals surface area (Å²) in [7, 11) is 0. The Morgan fingerprint density at radius 2 is 2.09 bits per heavy atom. The lowest BCUT2D eigenvalue weighted by Crippen LogP contribution is -2.32. The summed E-state index contributed by atoms with van der Waals surface area (Å²) >= 11 is 0. The van der Waals surface area contributed by atoms with Crippen LogP contribution in [0.4, 0.5) is 13.2 Å². The van der Waals surface area contributed by atoms with Crippen molar-refractivity contribution < 1.29 is 27.4 Å². The van der Waals surface area contributed by atoms with Gasteiger partial charge in [0.15, 0.2) is 0 Å². The Morgan fingerprint density at radius 1 is 1.41 bits per heavy atom. The molecule has 0 atom stereocenters. The Balaban J connectivity index is 2.39. The van der Waals surface area contributed by atoms with Crippen LogP contribution in [0.1, 0.15) is 38.3 Å². The number of halogens is 3. The van der Waals surface area contributed by atoms with Crippen LogP contribution in [0.2, 0.25) is 0 Å². The van der Waals surface area contributed by atoms with E-state index < -0.39 is 23.3 Å². The minimum Gasteiger partial charge on any atom is -0.487 e. The van der Waals surface area contributed by atoms with Crippen molar-refractivity contribution in [3.63, 3.8) is 0 Å². The van der Waals surface area contributed by atoms with Crippen LogP contribution in [0.25, 0.3) is 5.57 Å². The van der Waals surface area contributed by atoms with Crippen LogP contribution in [0, 0.1) is 0 Å². The van der Waals surface area contributed by atoms with Gasteiger partial charge in [0.05, 0.1) is 5.56 Å². The number of benzene rings is 1. The number of alkyl halides is 3. The van der Waals surface area contributed by atoms with Crippen LogP contribution in [0.3, 0.4) is 0 Å². The van der Waals surface area contributed by atoms with Gasteiger partial charge in [0.1, 0.15) is 18.0 Å². The Kier molecular flexibility index (Phi) is 4.22. The molecule has 1 aliphatic heterocycles. The van der Waals surface area contributed by atoms with Gasteiger partial charge in [-0.1, -0.05) is 6.07 Å². The molecule has 0 fully saturated rings. The van der Waals surface area contributed by atoms with E-state index in [4.69, 9.17) is 9.47 Å². The molecule has 0 radical (unpaired) electrons. The summed E-state index contributed by atoms with van der Waals surface area (Å²) in [6.45, 7) is 4.99. The Hall–Kier alpha value is -1.98. The molecule has 0 saturated heterocycles. The van der Waals surface area contributed by atoms with Gasteiger partial charge < -0.3 is 9.47 Å². The summed E-state index contributed by atoms with van der Waals surface area (Å²) in [5, 5.41) is 0. The standard InChI is InChI=1S/C16H17F3O3/c1-10(20)21-7-6-11-9-15(2,3)22-14-8-12(16(17,18)19)4-5-13(11)14/h4-6,8H,7,9H2,1-3H3/b11-6+. The number of rotatable bonds is 2. The summed E-state index contributed by atoms with van der Waals surface area (Å²) < 4.78 is 49.0. The highest BCUT2D eigenvalue weighted by Crippen LogP contribution is 2.42. The fraction of sp³-hybridized carbons (Fsp3) is 0.438. The largest absolute Gasteiger partial charge is 0.487 e. The van der Waals surface area contributed by atoms with Gasteiger partial charge in [-0.2, -0.15) is 13.2 Å². The van der Waals surface area contributed by atoms with E-state index in [1.165, 1.54) is 13.0 Å².